The topological polar surface area (TPSA) is 51.6 Å². The van der Waals surface area contributed by atoms with Crippen molar-refractivity contribution < 1.29 is 0 Å². The third kappa shape index (κ3) is 1.27. The summed E-state index contributed by atoms with van der Waals surface area (Å²) in [5.74, 6) is 0. The molecule has 0 aliphatic rings. The summed E-state index contributed by atoms with van der Waals surface area (Å²) >= 11 is 0. The van der Waals surface area contributed by atoms with Crippen LogP contribution >= 0.6 is 0 Å². The van der Waals surface area contributed by atoms with E-state index in [1.807, 2.05) is 0 Å². The first-order valence-electron chi connectivity index (χ1n) is 3.42. The summed E-state index contributed by atoms with van der Waals surface area (Å²) in [6.45, 7) is 0. The second-order valence-electron chi connectivity index (χ2n) is 2.11. The second kappa shape index (κ2) is 3.04. The highest BCUT2D eigenvalue weighted by molar-refractivity contribution is 5.49. The molecular formula is C8H5N4. The molecule has 0 aliphatic heterocycles. The van der Waals surface area contributed by atoms with Gasteiger partial charge in [0.05, 0.1) is 12.4 Å². The third-order valence-corrected chi connectivity index (χ3v) is 1.32. The first-order valence-corrected chi connectivity index (χ1v) is 3.42. The van der Waals surface area contributed by atoms with Crippen LogP contribution in [0.5, 0.6) is 0 Å². The molecule has 2 aromatic heterocycles. The first kappa shape index (κ1) is 6.84. The van der Waals surface area contributed by atoms with Crippen LogP contribution in [0.3, 0.4) is 0 Å². The molecule has 0 N–H and O–H groups in total. The SMILES string of the molecule is [c]1ccnnc1-c1cnccn1. The van der Waals surface area contributed by atoms with Gasteiger partial charge >= 0.3 is 0 Å². The lowest BCUT2D eigenvalue weighted by Crippen LogP contribution is -1.89. The molecule has 4 nitrogen and oxygen atoms in total. The molecule has 2 aromatic rings. The molecule has 0 amide bonds. The van der Waals surface area contributed by atoms with Crippen LogP contribution in [0.2, 0.25) is 0 Å². The Morgan fingerprint density at radius 3 is 2.83 bits per heavy atom. The van der Waals surface area contributed by atoms with Gasteiger partial charge in [0.15, 0.2) is 0 Å². The Hall–Kier alpha value is -1.84. The van der Waals surface area contributed by atoms with Crippen LogP contribution in [-0.4, -0.2) is 20.2 Å². The van der Waals surface area contributed by atoms with Crippen LogP contribution in [0.15, 0.2) is 30.9 Å². The molecule has 0 aliphatic carbocycles. The molecule has 57 valence electrons. The molecule has 12 heavy (non-hydrogen) atoms. The van der Waals surface area contributed by atoms with E-state index in [1.54, 1.807) is 30.9 Å². The zero-order valence-corrected chi connectivity index (χ0v) is 6.18. The van der Waals surface area contributed by atoms with Crippen LogP contribution in [0.25, 0.3) is 11.4 Å². The fourth-order valence-electron chi connectivity index (χ4n) is 0.816. The van der Waals surface area contributed by atoms with Crippen molar-refractivity contribution in [1.82, 2.24) is 20.2 Å². The van der Waals surface area contributed by atoms with Gasteiger partial charge in [-0.2, -0.15) is 5.10 Å². The van der Waals surface area contributed by atoms with E-state index in [0.29, 0.717) is 11.4 Å². The molecule has 0 saturated heterocycles. The highest BCUT2D eigenvalue weighted by atomic mass is 15.1. The molecule has 2 rings (SSSR count). The standard InChI is InChI=1S/C8H5N4/c1-2-7(12-11-3-1)8-6-9-4-5-10-8/h1,3-6H. The van der Waals surface area contributed by atoms with Crippen molar-refractivity contribution in [2.24, 2.45) is 0 Å². The maximum Gasteiger partial charge on any atom is 0.121 e. The Bertz CT molecular complexity index is 308. The van der Waals surface area contributed by atoms with Gasteiger partial charge in [-0.3, -0.25) is 9.97 Å². The summed E-state index contributed by atoms with van der Waals surface area (Å²) in [4.78, 5) is 7.96. The second-order valence-corrected chi connectivity index (χ2v) is 2.11. The minimum Gasteiger partial charge on any atom is -0.261 e. The van der Waals surface area contributed by atoms with Crippen molar-refractivity contribution in [1.29, 1.82) is 0 Å². The molecule has 0 fully saturated rings. The van der Waals surface area contributed by atoms with Crippen LogP contribution in [0, 0.1) is 6.07 Å². The Balaban J connectivity index is 2.46. The molecule has 0 unspecified atom stereocenters. The number of aromatic nitrogens is 4. The first-order chi connectivity index (χ1) is 5.97. The Morgan fingerprint density at radius 1 is 1.17 bits per heavy atom. The van der Waals surface area contributed by atoms with Crippen molar-refractivity contribution in [2.75, 3.05) is 0 Å². The molecule has 4 heteroatoms. The fourth-order valence-corrected chi connectivity index (χ4v) is 0.816. The van der Waals surface area contributed by atoms with Crippen LogP contribution in [0.4, 0.5) is 0 Å². The van der Waals surface area contributed by atoms with Crippen LogP contribution in [-0.2, 0) is 0 Å². The predicted molar refractivity (Wildman–Crippen MR) is 41.9 cm³/mol. The largest absolute Gasteiger partial charge is 0.261 e. The van der Waals surface area contributed by atoms with Crippen molar-refractivity contribution in [3.8, 4) is 11.4 Å². The van der Waals surface area contributed by atoms with Gasteiger partial charge < -0.3 is 0 Å². The summed E-state index contributed by atoms with van der Waals surface area (Å²) in [6, 6.07) is 4.60. The lowest BCUT2D eigenvalue weighted by atomic mass is 10.3. The zero-order chi connectivity index (χ0) is 8.23. The Morgan fingerprint density at radius 2 is 2.17 bits per heavy atom. The van der Waals surface area contributed by atoms with E-state index < -0.39 is 0 Å². The van der Waals surface area contributed by atoms with Crippen LogP contribution < -0.4 is 0 Å². The molecule has 0 bridgehead atoms. The van der Waals surface area contributed by atoms with Crippen LogP contribution in [0.1, 0.15) is 0 Å². The maximum atomic E-state index is 4.05. The quantitative estimate of drug-likeness (QED) is 0.612. The number of hydrogen-bond donors (Lipinski definition) is 0. The Labute approximate surface area is 69.3 Å². The van der Waals surface area contributed by atoms with Gasteiger partial charge in [0, 0.05) is 18.5 Å². The van der Waals surface area contributed by atoms with E-state index >= 15 is 0 Å². The average Bonchev–Trinajstić information content (AvgIpc) is 2.21. The molecule has 1 radical (unpaired) electrons. The minimum absolute atomic E-state index is 0.616. The number of nitrogens with zero attached hydrogens (tertiary/aromatic N) is 4. The van der Waals surface area contributed by atoms with E-state index in [0.717, 1.165) is 0 Å². The summed E-state index contributed by atoms with van der Waals surface area (Å²) in [7, 11) is 0. The lowest BCUT2D eigenvalue weighted by Gasteiger charge is -1.93. The zero-order valence-electron chi connectivity index (χ0n) is 6.18. The van der Waals surface area contributed by atoms with Crippen molar-refractivity contribution in [3.05, 3.63) is 36.9 Å². The van der Waals surface area contributed by atoms with Gasteiger partial charge in [0.25, 0.3) is 0 Å². The fraction of sp³-hybridized carbons (Fsp3) is 0. The number of hydrogen-bond acceptors (Lipinski definition) is 4. The van der Waals surface area contributed by atoms with Crippen molar-refractivity contribution >= 4 is 0 Å². The summed E-state index contributed by atoms with van der Waals surface area (Å²) in [5.41, 5.74) is 1.30. The smallest absolute Gasteiger partial charge is 0.121 e. The molecule has 2 heterocycles. The summed E-state index contributed by atoms with van der Waals surface area (Å²) in [6.07, 6.45) is 6.41. The number of rotatable bonds is 1. The van der Waals surface area contributed by atoms with E-state index in [2.05, 4.69) is 26.2 Å². The van der Waals surface area contributed by atoms with E-state index in [9.17, 15) is 0 Å². The van der Waals surface area contributed by atoms with E-state index in [-0.39, 0.29) is 0 Å². The monoisotopic (exact) mass is 157 g/mol. The molecule has 0 saturated carbocycles. The normalized spacial score (nSPS) is 9.67. The van der Waals surface area contributed by atoms with Crippen molar-refractivity contribution in [2.45, 2.75) is 0 Å². The Kier molecular flexibility index (Phi) is 1.74. The highest BCUT2D eigenvalue weighted by Crippen LogP contribution is 2.07. The molecule has 0 spiro atoms. The molecular weight excluding hydrogens is 152 g/mol. The van der Waals surface area contributed by atoms with Gasteiger partial charge in [-0.1, -0.05) is 0 Å². The van der Waals surface area contributed by atoms with Gasteiger partial charge in [0.2, 0.25) is 0 Å². The molecule has 0 atom stereocenters. The molecule has 0 aromatic carbocycles. The third-order valence-electron chi connectivity index (χ3n) is 1.32. The van der Waals surface area contributed by atoms with Gasteiger partial charge in [-0.05, 0) is 6.07 Å². The lowest BCUT2D eigenvalue weighted by molar-refractivity contribution is 1.02. The average molecular weight is 157 g/mol. The predicted octanol–water partition coefficient (Wildman–Crippen LogP) is 0.734. The van der Waals surface area contributed by atoms with E-state index in [4.69, 9.17) is 0 Å². The highest BCUT2D eigenvalue weighted by Gasteiger charge is 1.98. The summed E-state index contributed by atoms with van der Waals surface area (Å²) in [5, 5.41) is 7.55. The summed E-state index contributed by atoms with van der Waals surface area (Å²) < 4.78 is 0. The maximum absolute atomic E-state index is 4.05. The van der Waals surface area contributed by atoms with E-state index in [1.165, 1.54) is 0 Å². The minimum atomic E-state index is 0.616. The van der Waals surface area contributed by atoms with Gasteiger partial charge in [-0.25, -0.2) is 0 Å². The van der Waals surface area contributed by atoms with Crippen molar-refractivity contribution in [3.63, 3.8) is 0 Å². The van der Waals surface area contributed by atoms with Gasteiger partial charge in [0.1, 0.15) is 11.4 Å². The van der Waals surface area contributed by atoms with Gasteiger partial charge in [-0.15, -0.1) is 5.10 Å².